The summed E-state index contributed by atoms with van der Waals surface area (Å²) in [4.78, 5) is 25.7. The lowest BCUT2D eigenvalue weighted by Crippen LogP contribution is -2.44. The summed E-state index contributed by atoms with van der Waals surface area (Å²) in [6.45, 7) is 1.35. The largest absolute Gasteiger partial charge is 0.390 e. The first-order chi connectivity index (χ1) is 9.49. The quantitative estimate of drug-likeness (QED) is 0.867. The van der Waals surface area contributed by atoms with Crippen molar-refractivity contribution >= 4 is 5.91 Å². The molecule has 2 aliphatic rings. The lowest BCUT2D eigenvalue weighted by Gasteiger charge is -2.35. The van der Waals surface area contributed by atoms with Crippen LogP contribution in [0, 0.1) is 5.92 Å². The van der Waals surface area contributed by atoms with E-state index in [0.29, 0.717) is 12.1 Å². The van der Waals surface area contributed by atoms with Crippen LogP contribution in [0.1, 0.15) is 36.0 Å². The normalized spacial score (nSPS) is 24.5. The Morgan fingerprint density at radius 2 is 2.15 bits per heavy atom. The molecule has 1 N–H and O–H groups in total. The summed E-state index contributed by atoms with van der Waals surface area (Å²) in [6, 6.07) is 3.00. The number of nitrogens with zero attached hydrogens (tertiary/aromatic N) is 2. The summed E-state index contributed by atoms with van der Waals surface area (Å²) in [5, 5.41) is 10.2. The van der Waals surface area contributed by atoms with Crippen molar-refractivity contribution in [3.05, 3.63) is 34.2 Å². The monoisotopic (exact) mass is 276 g/mol. The Morgan fingerprint density at radius 3 is 2.80 bits per heavy atom. The maximum absolute atomic E-state index is 12.5. The standard InChI is InChI=1S/C15H20N2O3/c1-16-9-11(4-5-13(16)18)14(19)17-8-2-3-12(10-17)15(20)6-7-15/h4-5,9,12,20H,2-3,6-8,10H2,1H3. The highest BCUT2D eigenvalue weighted by molar-refractivity contribution is 5.94. The molecule has 2 fully saturated rings. The smallest absolute Gasteiger partial charge is 0.255 e. The second-order valence-electron chi connectivity index (χ2n) is 6.06. The summed E-state index contributed by atoms with van der Waals surface area (Å²) >= 11 is 0. The number of likely N-dealkylation sites (tertiary alicyclic amines) is 1. The second kappa shape index (κ2) is 4.74. The molecule has 3 rings (SSSR count). The van der Waals surface area contributed by atoms with Gasteiger partial charge in [0.05, 0.1) is 11.2 Å². The van der Waals surface area contributed by atoms with Crippen LogP contribution in [0.3, 0.4) is 0 Å². The lowest BCUT2D eigenvalue weighted by molar-refractivity contribution is 0.0282. The Kier molecular flexibility index (Phi) is 3.17. The van der Waals surface area contributed by atoms with E-state index in [1.807, 2.05) is 4.90 Å². The van der Waals surface area contributed by atoms with Crippen LogP contribution in [0.4, 0.5) is 0 Å². The van der Waals surface area contributed by atoms with E-state index in [1.165, 1.54) is 10.6 Å². The van der Waals surface area contributed by atoms with Gasteiger partial charge < -0.3 is 14.6 Å². The zero-order valence-corrected chi connectivity index (χ0v) is 11.7. The Labute approximate surface area is 117 Å². The number of hydrogen-bond donors (Lipinski definition) is 1. The minimum absolute atomic E-state index is 0.0467. The molecule has 0 radical (unpaired) electrons. The zero-order valence-electron chi connectivity index (χ0n) is 11.7. The average molecular weight is 276 g/mol. The van der Waals surface area contributed by atoms with E-state index < -0.39 is 5.60 Å². The first-order valence-corrected chi connectivity index (χ1v) is 7.18. The second-order valence-corrected chi connectivity index (χ2v) is 6.06. The maximum Gasteiger partial charge on any atom is 0.255 e. The molecule has 20 heavy (non-hydrogen) atoms. The fourth-order valence-electron chi connectivity index (χ4n) is 3.04. The lowest BCUT2D eigenvalue weighted by atomic mass is 9.90. The summed E-state index contributed by atoms with van der Waals surface area (Å²) in [5.74, 6) is 0.155. The zero-order chi connectivity index (χ0) is 14.3. The van der Waals surface area contributed by atoms with Gasteiger partial charge in [0.2, 0.25) is 5.56 Å². The van der Waals surface area contributed by atoms with E-state index in [-0.39, 0.29) is 17.4 Å². The topological polar surface area (TPSA) is 62.5 Å². The molecule has 108 valence electrons. The molecule has 1 unspecified atom stereocenters. The first kappa shape index (κ1) is 13.4. The molecule has 0 bridgehead atoms. The van der Waals surface area contributed by atoms with Crippen molar-refractivity contribution in [1.82, 2.24) is 9.47 Å². The summed E-state index contributed by atoms with van der Waals surface area (Å²) < 4.78 is 1.42. The van der Waals surface area contributed by atoms with E-state index >= 15 is 0 Å². The number of aliphatic hydroxyl groups is 1. The molecule has 1 amide bonds. The van der Waals surface area contributed by atoms with E-state index in [4.69, 9.17) is 0 Å². The molecule has 1 saturated carbocycles. The molecule has 1 aromatic heterocycles. The third kappa shape index (κ3) is 2.38. The van der Waals surface area contributed by atoms with Crippen molar-refractivity contribution in [3.8, 4) is 0 Å². The van der Waals surface area contributed by atoms with Gasteiger partial charge in [-0.25, -0.2) is 0 Å². The number of pyridine rings is 1. The molecule has 2 heterocycles. The van der Waals surface area contributed by atoms with Crippen molar-refractivity contribution < 1.29 is 9.90 Å². The third-order valence-electron chi connectivity index (χ3n) is 4.56. The number of aryl methyl sites for hydroxylation is 1. The van der Waals surface area contributed by atoms with Crippen molar-refractivity contribution in [3.63, 3.8) is 0 Å². The van der Waals surface area contributed by atoms with Gasteiger partial charge in [0, 0.05) is 38.3 Å². The van der Waals surface area contributed by atoms with Gasteiger partial charge in [-0.05, 0) is 31.7 Å². The van der Waals surface area contributed by atoms with Gasteiger partial charge in [0.15, 0.2) is 0 Å². The number of piperidine rings is 1. The number of rotatable bonds is 2. The van der Waals surface area contributed by atoms with Gasteiger partial charge >= 0.3 is 0 Å². The van der Waals surface area contributed by atoms with Crippen molar-refractivity contribution in [1.29, 1.82) is 0 Å². The van der Waals surface area contributed by atoms with Gasteiger partial charge in [0.1, 0.15) is 0 Å². The molecule has 0 aromatic carbocycles. The molecule has 1 atom stereocenters. The highest BCUT2D eigenvalue weighted by atomic mass is 16.3. The van der Waals surface area contributed by atoms with Crippen LogP contribution >= 0.6 is 0 Å². The third-order valence-corrected chi connectivity index (χ3v) is 4.56. The first-order valence-electron chi connectivity index (χ1n) is 7.18. The minimum atomic E-state index is -0.525. The van der Waals surface area contributed by atoms with Gasteiger partial charge in [-0.2, -0.15) is 0 Å². The average Bonchev–Trinajstić information content (AvgIpc) is 3.21. The highest BCUT2D eigenvalue weighted by Crippen LogP contribution is 2.45. The SMILES string of the molecule is Cn1cc(C(=O)N2CCCC(C3(O)CC3)C2)ccc1=O. The van der Waals surface area contributed by atoms with E-state index in [2.05, 4.69) is 0 Å². The minimum Gasteiger partial charge on any atom is -0.390 e. The van der Waals surface area contributed by atoms with Crippen LogP contribution in [-0.4, -0.2) is 39.2 Å². The summed E-state index contributed by atoms with van der Waals surface area (Å²) in [6.07, 6.45) is 5.23. The van der Waals surface area contributed by atoms with Gasteiger partial charge in [-0.15, -0.1) is 0 Å². The highest BCUT2D eigenvalue weighted by Gasteiger charge is 2.49. The number of carbonyl (C=O) groups is 1. The molecule has 1 aliphatic heterocycles. The Bertz CT molecular complexity index is 589. The molecule has 1 aromatic rings. The van der Waals surface area contributed by atoms with Crippen molar-refractivity contribution in [2.45, 2.75) is 31.3 Å². The number of carbonyl (C=O) groups excluding carboxylic acids is 1. The molecular weight excluding hydrogens is 256 g/mol. The van der Waals surface area contributed by atoms with Crippen LogP contribution in [0.2, 0.25) is 0 Å². The Hall–Kier alpha value is -1.62. The van der Waals surface area contributed by atoms with Gasteiger partial charge in [-0.1, -0.05) is 0 Å². The molecule has 1 aliphatic carbocycles. The van der Waals surface area contributed by atoms with Crippen LogP contribution in [0.25, 0.3) is 0 Å². The summed E-state index contributed by atoms with van der Waals surface area (Å²) in [5.41, 5.74) is -0.108. The predicted octanol–water partition coefficient (Wildman–Crippen LogP) is 0.762. The van der Waals surface area contributed by atoms with Crippen LogP contribution in [0.15, 0.2) is 23.1 Å². The van der Waals surface area contributed by atoms with Crippen LogP contribution in [-0.2, 0) is 7.05 Å². The molecule has 0 spiro atoms. The van der Waals surface area contributed by atoms with Crippen LogP contribution in [0.5, 0.6) is 0 Å². The van der Waals surface area contributed by atoms with E-state index in [1.54, 1.807) is 19.3 Å². The molecule has 5 nitrogen and oxygen atoms in total. The van der Waals surface area contributed by atoms with Crippen molar-refractivity contribution in [2.75, 3.05) is 13.1 Å². The number of amides is 1. The fourth-order valence-corrected chi connectivity index (χ4v) is 3.04. The molecular formula is C15H20N2O3. The van der Waals surface area contributed by atoms with Crippen LogP contribution < -0.4 is 5.56 Å². The number of aromatic nitrogens is 1. The number of hydrogen-bond acceptors (Lipinski definition) is 3. The van der Waals surface area contributed by atoms with Crippen molar-refractivity contribution in [2.24, 2.45) is 13.0 Å². The van der Waals surface area contributed by atoms with Gasteiger partial charge in [0.25, 0.3) is 5.91 Å². The Balaban J connectivity index is 1.76. The summed E-state index contributed by atoms with van der Waals surface area (Å²) in [7, 11) is 1.64. The molecule has 1 saturated heterocycles. The maximum atomic E-state index is 12.5. The predicted molar refractivity (Wildman–Crippen MR) is 74.5 cm³/mol. The Morgan fingerprint density at radius 1 is 1.40 bits per heavy atom. The fraction of sp³-hybridized carbons (Fsp3) is 0.600. The van der Waals surface area contributed by atoms with E-state index in [0.717, 1.165) is 32.2 Å². The van der Waals surface area contributed by atoms with E-state index in [9.17, 15) is 14.7 Å². The molecule has 5 heteroatoms. The van der Waals surface area contributed by atoms with Gasteiger partial charge in [-0.3, -0.25) is 9.59 Å².